The van der Waals surface area contributed by atoms with E-state index in [9.17, 15) is 32.9 Å². The number of halogens is 5. The minimum atomic E-state index is -4.98. The molecule has 2 rings (SSSR count). The Hall–Kier alpha value is -2.58. The number of carbonyl (C=O) groups excluding carboxylic acids is 2. The summed E-state index contributed by atoms with van der Waals surface area (Å²) in [7, 11) is 0. The maximum atomic E-state index is 13.4. The summed E-state index contributed by atoms with van der Waals surface area (Å²) >= 11 is 12.9. The van der Waals surface area contributed by atoms with E-state index in [1.807, 2.05) is 0 Å². The zero-order valence-corrected chi connectivity index (χ0v) is 18.6. The summed E-state index contributed by atoms with van der Waals surface area (Å²) in [5.41, 5.74) is -0.875. The number of hydrogen-bond acceptors (Lipinski definition) is 10. The first-order chi connectivity index (χ1) is 15.5. The lowest BCUT2D eigenvalue weighted by molar-refractivity contribution is -0.756. The molecule has 1 aliphatic heterocycles. The zero-order valence-electron chi connectivity index (χ0n) is 16.3. The number of rotatable bonds is 10. The van der Waals surface area contributed by atoms with E-state index in [4.69, 9.17) is 27.9 Å². The highest BCUT2D eigenvalue weighted by atomic mass is 35.5. The van der Waals surface area contributed by atoms with Gasteiger partial charge in [0.05, 0.1) is 10.6 Å². The van der Waals surface area contributed by atoms with Gasteiger partial charge < -0.3 is 23.8 Å². The Kier molecular flexibility index (Phi) is 9.73. The second kappa shape index (κ2) is 12.0. The number of ether oxygens (including phenoxy) is 4. The van der Waals surface area contributed by atoms with Gasteiger partial charge in [-0.3, -0.25) is 0 Å². The third kappa shape index (κ3) is 8.37. The SMILES string of the molecule is O=C(OCCSCCO[N+](=O)[O-])OCOC(=O)C1=Cc2cc(Cl)cc(Cl)c2O[C@@H]1C(F)(F)F. The van der Waals surface area contributed by atoms with Crippen LogP contribution in [0.15, 0.2) is 17.7 Å². The average Bonchev–Trinajstić information content (AvgIpc) is 2.71. The Labute approximate surface area is 197 Å². The minimum Gasteiger partial charge on any atom is -0.474 e. The van der Waals surface area contributed by atoms with Crippen molar-refractivity contribution in [3.05, 3.63) is 43.4 Å². The summed E-state index contributed by atoms with van der Waals surface area (Å²) in [6.07, 6.45) is -8.02. The number of esters is 1. The second-order valence-electron chi connectivity index (χ2n) is 5.91. The summed E-state index contributed by atoms with van der Waals surface area (Å²) < 4.78 is 58.8. The molecule has 182 valence electrons. The van der Waals surface area contributed by atoms with Crippen molar-refractivity contribution in [2.45, 2.75) is 12.3 Å². The molecule has 1 aromatic carbocycles. The van der Waals surface area contributed by atoms with Crippen LogP contribution in [0.3, 0.4) is 0 Å². The summed E-state index contributed by atoms with van der Waals surface area (Å²) in [5.74, 6) is -1.22. The summed E-state index contributed by atoms with van der Waals surface area (Å²) in [6.45, 7) is -1.30. The van der Waals surface area contributed by atoms with Crippen LogP contribution in [0.5, 0.6) is 5.75 Å². The lowest BCUT2D eigenvalue weighted by atomic mass is 10.0. The van der Waals surface area contributed by atoms with Gasteiger partial charge in [0.2, 0.25) is 12.9 Å². The highest BCUT2D eigenvalue weighted by molar-refractivity contribution is 7.99. The van der Waals surface area contributed by atoms with Gasteiger partial charge in [0.15, 0.2) is 0 Å². The van der Waals surface area contributed by atoms with Crippen LogP contribution in [0.25, 0.3) is 6.08 Å². The van der Waals surface area contributed by atoms with Crippen molar-refractivity contribution in [1.29, 1.82) is 0 Å². The van der Waals surface area contributed by atoms with E-state index in [1.54, 1.807) is 0 Å². The fourth-order valence-corrected chi connectivity index (χ4v) is 3.51. The van der Waals surface area contributed by atoms with E-state index in [2.05, 4.69) is 19.0 Å². The van der Waals surface area contributed by atoms with E-state index >= 15 is 0 Å². The van der Waals surface area contributed by atoms with Gasteiger partial charge in [-0.1, -0.05) is 23.2 Å². The van der Waals surface area contributed by atoms with Crippen molar-refractivity contribution in [2.75, 3.05) is 31.5 Å². The summed E-state index contributed by atoms with van der Waals surface area (Å²) in [4.78, 5) is 37.7. The molecule has 0 radical (unpaired) electrons. The standard InChI is InChI=1S/C17H14Cl2F3NO9S/c18-10-5-9-6-11(14(17(20,21)22)32-13(9)12(19)7-10)15(24)29-8-30-16(25)28-1-3-33-4-2-31-23(26)27/h5-7,14H,1-4,8H2/t14-/m0/s1. The molecule has 0 saturated carbocycles. The fraction of sp³-hybridized carbons (Fsp3) is 0.412. The van der Waals surface area contributed by atoms with Crippen LogP contribution < -0.4 is 4.74 Å². The van der Waals surface area contributed by atoms with Gasteiger partial charge in [-0.15, -0.1) is 10.1 Å². The Balaban J connectivity index is 1.85. The van der Waals surface area contributed by atoms with Gasteiger partial charge in [-0.25, -0.2) is 9.59 Å². The van der Waals surface area contributed by atoms with Crippen LogP contribution in [-0.2, 0) is 23.8 Å². The predicted molar refractivity (Wildman–Crippen MR) is 109 cm³/mol. The molecule has 0 unspecified atom stereocenters. The lowest BCUT2D eigenvalue weighted by Crippen LogP contribution is -2.41. The molecule has 1 aliphatic rings. The molecule has 0 saturated heterocycles. The molecule has 10 nitrogen and oxygen atoms in total. The van der Waals surface area contributed by atoms with Crippen LogP contribution >= 0.6 is 35.0 Å². The molecule has 0 fully saturated rings. The van der Waals surface area contributed by atoms with Gasteiger partial charge in [-0.05, 0) is 18.2 Å². The second-order valence-corrected chi connectivity index (χ2v) is 7.98. The van der Waals surface area contributed by atoms with Crippen molar-refractivity contribution >= 4 is 53.2 Å². The van der Waals surface area contributed by atoms with Crippen molar-refractivity contribution in [2.24, 2.45) is 0 Å². The van der Waals surface area contributed by atoms with E-state index in [0.29, 0.717) is 0 Å². The van der Waals surface area contributed by atoms with Crippen LogP contribution in [0.4, 0.5) is 18.0 Å². The number of thioether (sulfide) groups is 1. The fourth-order valence-electron chi connectivity index (χ4n) is 2.36. The molecule has 16 heteroatoms. The van der Waals surface area contributed by atoms with E-state index in [-0.39, 0.29) is 46.1 Å². The molecule has 0 bridgehead atoms. The molecule has 0 aromatic heterocycles. The number of nitrogens with zero attached hydrogens (tertiary/aromatic N) is 1. The highest BCUT2D eigenvalue weighted by Gasteiger charge is 2.49. The van der Waals surface area contributed by atoms with Crippen molar-refractivity contribution in [3.63, 3.8) is 0 Å². The minimum absolute atomic E-state index is 0.0291. The third-order valence-electron chi connectivity index (χ3n) is 3.64. The van der Waals surface area contributed by atoms with E-state index < -0.39 is 41.9 Å². The zero-order chi connectivity index (χ0) is 24.6. The number of fused-ring (bicyclic) bond motifs is 1. The monoisotopic (exact) mass is 535 g/mol. The normalized spacial score (nSPS) is 14.9. The Morgan fingerprint density at radius 2 is 1.85 bits per heavy atom. The van der Waals surface area contributed by atoms with Crippen molar-refractivity contribution in [1.82, 2.24) is 0 Å². The smallest absolute Gasteiger partial charge is 0.474 e. The first-order valence-electron chi connectivity index (χ1n) is 8.74. The Bertz CT molecular complexity index is 930. The van der Waals surface area contributed by atoms with Gasteiger partial charge >= 0.3 is 18.3 Å². The highest BCUT2D eigenvalue weighted by Crippen LogP contribution is 2.42. The van der Waals surface area contributed by atoms with Crippen LogP contribution in [0.1, 0.15) is 5.56 Å². The summed E-state index contributed by atoms with van der Waals surface area (Å²) in [6, 6.07) is 2.43. The van der Waals surface area contributed by atoms with Crippen molar-refractivity contribution in [3.8, 4) is 5.75 Å². The number of carbonyl (C=O) groups is 2. The topological polar surface area (TPSA) is 123 Å². The van der Waals surface area contributed by atoms with E-state index in [1.165, 1.54) is 23.9 Å². The first kappa shape index (κ1) is 26.7. The molecule has 0 amide bonds. The Morgan fingerprint density at radius 3 is 2.52 bits per heavy atom. The third-order valence-corrected chi connectivity index (χ3v) is 5.05. The van der Waals surface area contributed by atoms with E-state index in [0.717, 1.165) is 6.08 Å². The first-order valence-corrected chi connectivity index (χ1v) is 10.7. The molecule has 0 spiro atoms. The molecule has 1 atom stereocenters. The molecule has 33 heavy (non-hydrogen) atoms. The molecule has 1 heterocycles. The maximum Gasteiger partial charge on any atom is 0.511 e. The molecule has 1 aromatic rings. The lowest BCUT2D eigenvalue weighted by Gasteiger charge is -2.28. The number of hydrogen-bond donors (Lipinski definition) is 0. The number of alkyl halides is 3. The quantitative estimate of drug-likeness (QED) is 0.141. The molecule has 0 aliphatic carbocycles. The molecular formula is C17H14Cl2F3NO9S. The Morgan fingerprint density at radius 1 is 1.15 bits per heavy atom. The predicted octanol–water partition coefficient (Wildman–Crippen LogP) is 4.30. The van der Waals surface area contributed by atoms with Crippen LogP contribution in [0, 0.1) is 10.1 Å². The van der Waals surface area contributed by atoms with Crippen molar-refractivity contribution < 1.29 is 51.6 Å². The maximum absolute atomic E-state index is 13.4. The largest absolute Gasteiger partial charge is 0.511 e. The average molecular weight is 536 g/mol. The molecule has 0 N–H and O–H groups in total. The number of benzene rings is 1. The molecular weight excluding hydrogens is 522 g/mol. The summed E-state index contributed by atoms with van der Waals surface area (Å²) in [5, 5.41) is 8.94. The van der Waals surface area contributed by atoms with Gasteiger partial charge in [0.1, 0.15) is 19.0 Å². The van der Waals surface area contributed by atoms with Gasteiger partial charge in [-0.2, -0.15) is 24.9 Å². The van der Waals surface area contributed by atoms with Gasteiger partial charge in [0, 0.05) is 22.1 Å². The van der Waals surface area contributed by atoms with Crippen LogP contribution in [0.2, 0.25) is 10.0 Å². The van der Waals surface area contributed by atoms with Gasteiger partial charge in [0.25, 0.3) is 5.09 Å². The van der Waals surface area contributed by atoms with Crippen LogP contribution in [-0.4, -0.2) is 61.0 Å².